The van der Waals surface area contributed by atoms with Crippen LogP contribution < -0.4 is 4.74 Å². The van der Waals surface area contributed by atoms with Gasteiger partial charge >= 0.3 is 5.97 Å². The van der Waals surface area contributed by atoms with Gasteiger partial charge in [0.15, 0.2) is 11.9 Å². The molecular weight excluding hydrogens is 263 g/mol. The van der Waals surface area contributed by atoms with Crippen molar-refractivity contribution in [3.05, 3.63) is 29.1 Å². The number of hydrogen-bond acceptors (Lipinski definition) is 3. The summed E-state index contributed by atoms with van der Waals surface area (Å²) in [6, 6.07) is 0. The largest absolute Gasteiger partial charge is 0.473 e. The zero-order valence-electron chi connectivity index (χ0n) is 9.19. The molecule has 0 N–H and O–H groups in total. The highest BCUT2D eigenvalue weighted by Gasteiger charge is 2.29. The van der Waals surface area contributed by atoms with E-state index in [0.717, 1.165) is 14.0 Å². The van der Waals surface area contributed by atoms with E-state index in [-0.39, 0.29) is 0 Å². The predicted octanol–water partition coefficient (Wildman–Crippen LogP) is 2.32. The summed E-state index contributed by atoms with van der Waals surface area (Å²) in [7, 11) is 0.973. The Morgan fingerprint density at radius 3 is 1.72 bits per heavy atom. The first kappa shape index (κ1) is 14.2. The molecule has 1 aromatic rings. The van der Waals surface area contributed by atoms with E-state index in [1.807, 2.05) is 0 Å². The van der Waals surface area contributed by atoms with Crippen LogP contribution in [0.4, 0.5) is 22.0 Å². The average molecular weight is 270 g/mol. The molecule has 0 spiro atoms. The molecule has 0 heterocycles. The van der Waals surface area contributed by atoms with Crippen LogP contribution in [0.15, 0.2) is 0 Å². The maximum absolute atomic E-state index is 13.1. The zero-order valence-corrected chi connectivity index (χ0v) is 9.19. The fourth-order valence-corrected chi connectivity index (χ4v) is 1.08. The van der Waals surface area contributed by atoms with Crippen LogP contribution >= 0.6 is 0 Å². The van der Waals surface area contributed by atoms with E-state index >= 15 is 0 Å². The van der Waals surface area contributed by atoms with Gasteiger partial charge in [0.2, 0.25) is 29.1 Å². The van der Waals surface area contributed by atoms with E-state index in [4.69, 9.17) is 0 Å². The third-order valence-corrected chi connectivity index (χ3v) is 2.00. The highest BCUT2D eigenvalue weighted by Crippen LogP contribution is 2.29. The van der Waals surface area contributed by atoms with Gasteiger partial charge < -0.3 is 9.47 Å². The van der Waals surface area contributed by atoms with Crippen molar-refractivity contribution < 1.29 is 36.2 Å². The topological polar surface area (TPSA) is 35.5 Å². The third kappa shape index (κ3) is 2.36. The fourth-order valence-electron chi connectivity index (χ4n) is 1.08. The number of methoxy groups -OCH3 is 1. The maximum Gasteiger partial charge on any atom is 0.346 e. The van der Waals surface area contributed by atoms with E-state index in [2.05, 4.69) is 9.47 Å². The first-order chi connectivity index (χ1) is 8.31. The molecule has 1 aromatic carbocycles. The van der Waals surface area contributed by atoms with Gasteiger partial charge in [-0.3, -0.25) is 0 Å². The van der Waals surface area contributed by atoms with Gasteiger partial charge in [-0.2, -0.15) is 8.78 Å². The van der Waals surface area contributed by atoms with Gasteiger partial charge in [0.1, 0.15) is 0 Å². The minimum absolute atomic E-state index is 0.973. The Hall–Kier alpha value is -1.86. The molecule has 1 unspecified atom stereocenters. The van der Waals surface area contributed by atoms with Crippen molar-refractivity contribution in [3.63, 3.8) is 0 Å². The standard InChI is InChI=1S/C10H7F5O3/c1-3(10(16)17-2)18-9-7(14)5(12)4(11)6(13)8(9)15/h3H,1-2H3. The lowest BCUT2D eigenvalue weighted by molar-refractivity contribution is -0.148. The number of hydrogen-bond donors (Lipinski definition) is 0. The minimum Gasteiger partial charge on any atom is -0.473 e. The molecule has 0 fully saturated rings. The Bertz CT molecular complexity index is 460. The van der Waals surface area contributed by atoms with Crippen LogP contribution in [0.1, 0.15) is 6.92 Å². The number of halogens is 5. The van der Waals surface area contributed by atoms with E-state index in [1.165, 1.54) is 0 Å². The van der Waals surface area contributed by atoms with Crippen molar-refractivity contribution in [1.29, 1.82) is 0 Å². The molecule has 0 saturated heterocycles. The number of ether oxygens (including phenoxy) is 2. The van der Waals surface area contributed by atoms with Gasteiger partial charge in [-0.15, -0.1) is 0 Å². The van der Waals surface area contributed by atoms with Crippen molar-refractivity contribution >= 4 is 5.97 Å². The van der Waals surface area contributed by atoms with Crippen LogP contribution in [0.3, 0.4) is 0 Å². The summed E-state index contributed by atoms with van der Waals surface area (Å²) in [5.41, 5.74) is 0. The normalized spacial score (nSPS) is 12.2. The lowest BCUT2D eigenvalue weighted by Gasteiger charge is -2.14. The predicted molar refractivity (Wildman–Crippen MR) is 48.3 cm³/mol. The van der Waals surface area contributed by atoms with Gasteiger partial charge in [-0.25, -0.2) is 18.0 Å². The molecule has 1 atom stereocenters. The molecule has 1 rings (SSSR count). The first-order valence-corrected chi connectivity index (χ1v) is 4.57. The van der Waals surface area contributed by atoms with Crippen molar-refractivity contribution in [2.75, 3.05) is 7.11 Å². The van der Waals surface area contributed by atoms with Gasteiger partial charge in [-0.05, 0) is 6.92 Å². The second-order valence-electron chi connectivity index (χ2n) is 3.18. The lowest BCUT2D eigenvalue weighted by atomic mass is 10.2. The average Bonchev–Trinajstić information content (AvgIpc) is 2.37. The van der Waals surface area contributed by atoms with E-state index in [0.29, 0.717) is 0 Å². The zero-order chi connectivity index (χ0) is 14.0. The first-order valence-electron chi connectivity index (χ1n) is 4.57. The summed E-state index contributed by atoms with van der Waals surface area (Å²) in [4.78, 5) is 10.9. The second-order valence-corrected chi connectivity index (χ2v) is 3.18. The van der Waals surface area contributed by atoms with Crippen LogP contribution in [0.5, 0.6) is 5.75 Å². The SMILES string of the molecule is COC(=O)C(C)Oc1c(F)c(F)c(F)c(F)c1F. The molecule has 3 nitrogen and oxygen atoms in total. The molecule has 0 bridgehead atoms. The maximum atomic E-state index is 13.1. The molecule has 0 aromatic heterocycles. The van der Waals surface area contributed by atoms with Crippen LogP contribution in [0.25, 0.3) is 0 Å². The third-order valence-electron chi connectivity index (χ3n) is 2.00. The quantitative estimate of drug-likeness (QED) is 0.366. The summed E-state index contributed by atoms with van der Waals surface area (Å²) in [5, 5.41) is 0. The van der Waals surface area contributed by atoms with E-state index in [1.54, 1.807) is 0 Å². The molecular formula is C10H7F5O3. The van der Waals surface area contributed by atoms with Crippen molar-refractivity contribution in [2.24, 2.45) is 0 Å². The number of carbonyl (C=O) groups excluding carboxylic acids is 1. The summed E-state index contributed by atoms with van der Waals surface area (Å²) >= 11 is 0. The molecule has 100 valence electrons. The number of carbonyl (C=O) groups is 1. The Kier molecular flexibility index (Phi) is 4.10. The van der Waals surface area contributed by atoms with E-state index < -0.39 is 46.9 Å². The number of esters is 1. The minimum atomic E-state index is -2.30. The van der Waals surface area contributed by atoms with Gasteiger partial charge in [0, 0.05) is 0 Å². The summed E-state index contributed by atoms with van der Waals surface area (Å²) in [6.07, 6.45) is -1.52. The van der Waals surface area contributed by atoms with Crippen LogP contribution in [-0.2, 0) is 9.53 Å². The Morgan fingerprint density at radius 1 is 0.944 bits per heavy atom. The fraction of sp³-hybridized carbons (Fsp3) is 0.300. The van der Waals surface area contributed by atoms with Crippen LogP contribution in [0.2, 0.25) is 0 Å². The Balaban J connectivity index is 3.22. The lowest BCUT2D eigenvalue weighted by Crippen LogP contribution is -2.26. The summed E-state index contributed by atoms with van der Waals surface area (Å²) in [6.45, 7) is 1.03. The van der Waals surface area contributed by atoms with Gasteiger partial charge in [0.25, 0.3) is 0 Å². The monoisotopic (exact) mass is 270 g/mol. The van der Waals surface area contributed by atoms with Gasteiger partial charge in [0.05, 0.1) is 7.11 Å². The van der Waals surface area contributed by atoms with Crippen molar-refractivity contribution in [1.82, 2.24) is 0 Å². The summed E-state index contributed by atoms with van der Waals surface area (Å²) in [5.74, 6) is -13.5. The highest BCUT2D eigenvalue weighted by molar-refractivity contribution is 5.74. The van der Waals surface area contributed by atoms with E-state index in [9.17, 15) is 26.7 Å². The summed E-state index contributed by atoms with van der Waals surface area (Å²) < 4.78 is 73.1. The molecule has 0 radical (unpaired) electrons. The molecule has 0 saturated carbocycles. The van der Waals surface area contributed by atoms with Gasteiger partial charge in [-0.1, -0.05) is 0 Å². The molecule has 18 heavy (non-hydrogen) atoms. The highest BCUT2D eigenvalue weighted by atomic mass is 19.2. The molecule has 0 amide bonds. The van der Waals surface area contributed by atoms with Crippen LogP contribution in [0, 0.1) is 29.1 Å². The Morgan fingerprint density at radius 2 is 1.33 bits per heavy atom. The molecule has 0 aliphatic rings. The second kappa shape index (κ2) is 5.19. The number of benzene rings is 1. The smallest absolute Gasteiger partial charge is 0.346 e. The molecule has 8 heteroatoms. The molecule has 0 aliphatic heterocycles. The van der Waals surface area contributed by atoms with Crippen molar-refractivity contribution in [3.8, 4) is 5.75 Å². The molecule has 0 aliphatic carbocycles. The van der Waals surface area contributed by atoms with Crippen molar-refractivity contribution in [2.45, 2.75) is 13.0 Å². The Labute approximate surface area is 98.1 Å². The van der Waals surface area contributed by atoms with Crippen LogP contribution in [-0.4, -0.2) is 19.2 Å². The number of rotatable bonds is 3.